The van der Waals surface area contributed by atoms with Gasteiger partial charge >= 0.3 is 0 Å². The maximum absolute atomic E-state index is 10.7. The molecule has 3 atom stereocenters. The fourth-order valence-corrected chi connectivity index (χ4v) is 4.60. The lowest BCUT2D eigenvalue weighted by molar-refractivity contribution is -0.0192. The first-order chi connectivity index (χ1) is 11.9. The summed E-state index contributed by atoms with van der Waals surface area (Å²) in [4.78, 5) is 9.10. The molecular formula is C21H26N2O2. The molecule has 132 valence electrons. The highest BCUT2D eigenvalue weighted by Gasteiger charge is 2.48. The highest BCUT2D eigenvalue weighted by Crippen LogP contribution is 2.54. The molecule has 4 rings (SSSR count). The number of hydrogen-bond donors (Lipinski definition) is 1. The summed E-state index contributed by atoms with van der Waals surface area (Å²) >= 11 is 0. The SMILES string of the molecule is CC1CCC2C(C1)c1c(O)nc(Cc3ccccc3)nc1OC2(C)C. The van der Waals surface area contributed by atoms with Crippen molar-refractivity contribution >= 4 is 0 Å². The van der Waals surface area contributed by atoms with Gasteiger partial charge in [0.1, 0.15) is 11.4 Å². The minimum absolute atomic E-state index is 0.107. The Bertz CT molecular complexity index is 773. The lowest BCUT2D eigenvalue weighted by Gasteiger charge is -2.47. The zero-order valence-electron chi connectivity index (χ0n) is 15.2. The fraction of sp³-hybridized carbons (Fsp3) is 0.524. The van der Waals surface area contributed by atoms with E-state index in [4.69, 9.17) is 4.74 Å². The van der Waals surface area contributed by atoms with E-state index in [2.05, 4.69) is 30.7 Å². The molecule has 0 radical (unpaired) electrons. The monoisotopic (exact) mass is 338 g/mol. The van der Waals surface area contributed by atoms with E-state index in [0.29, 0.717) is 30.0 Å². The number of aromatic hydroxyl groups is 1. The lowest BCUT2D eigenvalue weighted by Crippen LogP contribution is -2.47. The Labute approximate surface area is 149 Å². The molecule has 2 aliphatic rings. The number of hydrogen-bond acceptors (Lipinski definition) is 4. The first kappa shape index (κ1) is 16.4. The van der Waals surface area contributed by atoms with Gasteiger partial charge in [0.05, 0.1) is 5.56 Å². The molecule has 1 N–H and O–H groups in total. The zero-order valence-corrected chi connectivity index (χ0v) is 15.2. The van der Waals surface area contributed by atoms with Gasteiger partial charge in [-0.05, 0) is 38.2 Å². The topological polar surface area (TPSA) is 55.2 Å². The van der Waals surface area contributed by atoms with Gasteiger partial charge in [-0.1, -0.05) is 43.7 Å². The highest BCUT2D eigenvalue weighted by atomic mass is 16.5. The van der Waals surface area contributed by atoms with Gasteiger partial charge in [-0.25, -0.2) is 0 Å². The molecule has 0 saturated heterocycles. The Morgan fingerprint density at radius 3 is 2.68 bits per heavy atom. The minimum atomic E-state index is -0.261. The number of benzene rings is 1. The van der Waals surface area contributed by atoms with Gasteiger partial charge in [0.15, 0.2) is 0 Å². The molecule has 1 fully saturated rings. The summed E-state index contributed by atoms with van der Waals surface area (Å²) in [6, 6.07) is 10.1. The minimum Gasteiger partial charge on any atom is -0.493 e. The third-order valence-corrected chi connectivity index (χ3v) is 5.88. The molecule has 1 aromatic heterocycles. The van der Waals surface area contributed by atoms with Crippen molar-refractivity contribution in [3.05, 3.63) is 47.3 Å². The molecule has 4 heteroatoms. The van der Waals surface area contributed by atoms with Gasteiger partial charge in [0.2, 0.25) is 11.8 Å². The van der Waals surface area contributed by atoms with Crippen LogP contribution >= 0.6 is 0 Å². The molecule has 1 aliphatic carbocycles. The first-order valence-corrected chi connectivity index (χ1v) is 9.27. The quantitative estimate of drug-likeness (QED) is 0.878. The van der Waals surface area contributed by atoms with Gasteiger partial charge < -0.3 is 9.84 Å². The maximum Gasteiger partial charge on any atom is 0.224 e. The summed E-state index contributed by atoms with van der Waals surface area (Å²) in [5.74, 6) is 2.65. The molecule has 25 heavy (non-hydrogen) atoms. The standard InChI is InChI=1S/C21H26N2O2/c1-13-9-10-16-15(11-13)18-19(24)22-17(12-14-7-5-4-6-8-14)23-20(18)25-21(16,2)3/h4-8,13,15-16H,9-12H2,1-3H3,(H,22,23,24). The van der Waals surface area contributed by atoms with Crippen molar-refractivity contribution in [3.63, 3.8) is 0 Å². The molecule has 1 aromatic carbocycles. The molecule has 1 saturated carbocycles. The molecule has 0 bridgehead atoms. The van der Waals surface area contributed by atoms with Crippen molar-refractivity contribution in [1.82, 2.24) is 9.97 Å². The van der Waals surface area contributed by atoms with Gasteiger partial charge in [-0.2, -0.15) is 9.97 Å². The van der Waals surface area contributed by atoms with Crippen molar-refractivity contribution < 1.29 is 9.84 Å². The molecular weight excluding hydrogens is 312 g/mol. The lowest BCUT2D eigenvalue weighted by atomic mass is 9.65. The van der Waals surface area contributed by atoms with Crippen LogP contribution in [0.2, 0.25) is 0 Å². The van der Waals surface area contributed by atoms with Crippen LogP contribution in [0.4, 0.5) is 0 Å². The smallest absolute Gasteiger partial charge is 0.224 e. The number of aromatic nitrogens is 2. The molecule has 2 heterocycles. The van der Waals surface area contributed by atoms with Gasteiger partial charge in [-0.3, -0.25) is 0 Å². The summed E-state index contributed by atoms with van der Waals surface area (Å²) in [5, 5.41) is 10.7. The number of nitrogens with zero attached hydrogens (tertiary/aromatic N) is 2. The first-order valence-electron chi connectivity index (χ1n) is 9.27. The number of rotatable bonds is 2. The van der Waals surface area contributed by atoms with E-state index in [0.717, 1.165) is 24.0 Å². The second-order valence-electron chi connectivity index (χ2n) is 8.18. The third kappa shape index (κ3) is 2.99. The number of ether oxygens (including phenoxy) is 1. The van der Waals surface area contributed by atoms with Gasteiger partial charge in [0, 0.05) is 18.3 Å². The van der Waals surface area contributed by atoms with E-state index in [1.165, 1.54) is 6.42 Å². The van der Waals surface area contributed by atoms with Crippen LogP contribution in [0.1, 0.15) is 62.9 Å². The van der Waals surface area contributed by atoms with E-state index >= 15 is 0 Å². The Morgan fingerprint density at radius 2 is 1.92 bits per heavy atom. The molecule has 2 aromatic rings. The predicted molar refractivity (Wildman–Crippen MR) is 96.9 cm³/mol. The zero-order chi connectivity index (χ0) is 17.6. The van der Waals surface area contributed by atoms with Crippen LogP contribution in [-0.4, -0.2) is 20.7 Å². The highest BCUT2D eigenvalue weighted by molar-refractivity contribution is 5.42. The van der Waals surface area contributed by atoms with Crippen molar-refractivity contribution in [2.45, 2.75) is 58.0 Å². The summed E-state index contributed by atoms with van der Waals surface area (Å²) < 4.78 is 6.27. The largest absolute Gasteiger partial charge is 0.493 e. The molecule has 1 aliphatic heterocycles. The second kappa shape index (κ2) is 6.01. The van der Waals surface area contributed by atoms with Gasteiger partial charge in [-0.15, -0.1) is 0 Å². The van der Waals surface area contributed by atoms with Crippen molar-refractivity contribution in [2.75, 3.05) is 0 Å². The Balaban J connectivity index is 1.73. The van der Waals surface area contributed by atoms with E-state index in [1.54, 1.807) is 0 Å². The molecule has 0 amide bonds. The van der Waals surface area contributed by atoms with Crippen LogP contribution in [0.15, 0.2) is 30.3 Å². The Morgan fingerprint density at radius 1 is 1.16 bits per heavy atom. The van der Waals surface area contributed by atoms with E-state index in [1.807, 2.05) is 30.3 Å². The van der Waals surface area contributed by atoms with Crippen LogP contribution in [0, 0.1) is 11.8 Å². The molecule has 3 unspecified atom stereocenters. The van der Waals surface area contributed by atoms with Crippen LogP contribution in [0.25, 0.3) is 0 Å². The number of fused-ring (bicyclic) bond motifs is 3. The second-order valence-corrected chi connectivity index (χ2v) is 8.18. The van der Waals surface area contributed by atoms with E-state index in [-0.39, 0.29) is 17.4 Å². The van der Waals surface area contributed by atoms with Crippen LogP contribution in [-0.2, 0) is 6.42 Å². The normalized spacial score (nSPS) is 27.1. The van der Waals surface area contributed by atoms with Crippen molar-refractivity contribution in [3.8, 4) is 11.8 Å². The predicted octanol–water partition coefficient (Wildman–Crippen LogP) is 4.46. The molecule has 0 spiro atoms. The Hall–Kier alpha value is -2.10. The fourth-order valence-electron chi connectivity index (χ4n) is 4.60. The van der Waals surface area contributed by atoms with E-state index < -0.39 is 0 Å². The van der Waals surface area contributed by atoms with Crippen LogP contribution in [0.5, 0.6) is 11.8 Å². The Kier molecular flexibility index (Phi) is 3.94. The van der Waals surface area contributed by atoms with Crippen LogP contribution in [0.3, 0.4) is 0 Å². The third-order valence-electron chi connectivity index (χ3n) is 5.88. The van der Waals surface area contributed by atoms with Crippen molar-refractivity contribution in [2.24, 2.45) is 11.8 Å². The van der Waals surface area contributed by atoms with Crippen molar-refractivity contribution in [1.29, 1.82) is 0 Å². The summed E-state index contributed by atoms with van der Waals surface area (Å²) in [6.45, 7) is 6.60. The average molecular weight is 338 g/mol. The van der Waals surface area contributed by atoms with Crippen LogP contribution < -0.4 is 4.74 Å². The maximum atomic E-state index is 10.7. The molecule has 4 nitrogen and oxygen atoms in total. The summed E-state index contributed by atoms with van der Waals surface area (Å²) in [6.07, 6.45) is 4.01. The van der Waals surface area contributed by atoms with E-state index in [9.17, 15) is 5.11 Å². The average Bonchev–Trinajstić information content (AvgIpc) is 2.54. The van der Waals surface area contributed by atoms with Gasteiger partial charge in [0.25, 0.3) is 0 Å². The summed E-state index contributed by atoms with van der Waals surface area (Å²) in [5.41, 5.74) is 1.69. The summed E-state index contributed by atoms with van der Waals surface area (Å²) in [7, 11) is 0.